The number of primary amides is 1. The third kappa shape index (κ3) is 2.85. The third-order valence-corrected chi connectivity index (χ3v) is 5.36. The first-order chi connectivity index (χ1) is 9.61. The number of nitrogens with zero attached hydrogens (tertiary/aromatic N) is 1. The molecule has 0 aromatic carbocycles. The smallest absolute Gasteiger partial charge is 0.237 e. The topological polar surface area (TPSA) is 67.6 Å². The molecular weight excluding hydrogens is 254 g/mol. The van der Waals surface area contributed by atoms with E-state index < -0.39 is 5.54 Å². The van der Waals surface area contributed by atoms with Gasteiger partial charge >= 0.3 is 0 Å². The molecule has 3 fully saturated rings. The van der Waals surface area contributed by atoms with Crippen molar-refractivity contribution in [2.45, 2.75) is 68.6 Å². The van der Waals surface area contributed by atoms with Gasteiger partial charge in [0.25, 0.3) is 0 Å². The molecule has 2 unspecified atom stereocenters. The molecule has 0 aromatic rings. The van der Waals surface area contributed by atoms with Crippen LogP contribution >= 0.6 is 0 Å². The minimum atomic E-state index is -0.453. The maximum absolute atomic E-state index is 12.0. The van der Waals surface area contributed by atoms with Crippen molar-refractivity contribution < 1.29 is 9.53 Å². The van der Waals surface area contributed by atoms with Crippen LogP contribution in [0.5, 0.6) is 0 Å². The molecule has 114 valence electrons. The Morgan fingerprint density at radius 2 is 1.90 bits per heavy atom. The van der Waals surface area contributed by atoms with Crippen LogP contribution in [-0.2, 0) is 9.53 Å². The lowest BCUT2D eigenvalue weighted by Gasteiger charge is -2.36. The predicted molar refractivity (Wildman–Crippen MR) is 77.3 cm³/mol. The van der Waals surface area contributed by atoms with Crippen molar-refractivity contribution in [3.05, 3.63) is 0 Å². The molecule has 1 heterocycles. The Balaban J connectivity index is 1.62. The van der Waals surface area contributed by atoms with Gasteiger partial charge < -0.3 is 20.7 Å². The first-order valence-electron chi connectivity index (χ1n) is 7.98. The highest BCUT2D eigenvalue weighted by atomic mass is 16.5. The molecule has 0 bridgehead atoms. The molecule has 2 atom stereocenters. The maximum atomic E-state index is 12.0. The number of ether oxygens (including phenoxy) is 1. The predicted octanol–water partition coefficient (Wildman–Crippen LogP) is 0.626. The van der Waals surface area contributed by atoms with Gasteiger partial charge in [-0.3, -0.25) is 4.79 Å². The summed E-state index contributed by atoms with van der Waals surface area (Å²) >= 11 is 0. The zero-order chi connectivity index (χ0) is 14.2. The standard InChI is InChI=1S/C15H27N3O2/c1-18(12-5-8-20-9-6-12)13-4-7-15(10-13,14(16)19)17-11-2-3-11/h11-13,17H,2-10H2,1H3,(H2,16,19). The van der Waals surface area contributed by atoms with Crippen molar-refractivity contribution in [1.29, 1.82) is 0 Å². The Kier molecular flexibility index (Phi) is 4.02. The number of carbonyl (C=O) groups is 1. The SMILES string of the molecule is CN(C1CCOCC1)C1CCC(NC2CC2)(C(N)=O)C1. The van der Waals surface area contributed by atoms with Crippen LogP contribution in [0.1, 0.15) is 44.9 Å². The van der Waals surface area contributed by atoms with E-state index >= 15 is 0 Å². The molecule has 3 aliphatic rings. The molecule has 1 amide bonds. The Bertz CT molecular complexity index is 366. The van der Waals surface area contributed by atoms with Gasteiger partial charge in [-0.2, -0.15) is 0 Å². The van der Waals surface area contributed by atoms with Crippen LogP contribution in [0.4, 0.5) is 0 Å². The fourth-order valence-electron chi connectivity index (χ4n) is 3.80. The molecule has 3 rings (SSSR count). The van der Waals surface area contributed by atoms with Crippen LogP contribution in [0.15, 0.2) is 0 Å². The van der Waals surface area contributed by atoms with E-state index in [4.69, 9.17) is 10.5 Å². The fraction of sp³-hybridized carbons (Fsp3) is 0.933. The van der Waals surface area contributed by atoms with Crippen LogP contribution < -0.4 is 11.1 Å². The van der Waals surface area contributed by atoms with Crippen LogP contribution in [0.2, 0.25) is 0 Å². The van der Waals surface area contributed by atoms with E-state index in [0.717, 1.165) is 45.3 Å². The summed E-state index contributed by atoms with van der Waals surface area (Å²) in [5, 5.41) is 3.53. The minimum Gasteiger partial charge on any atom is -0.381 e. The molecule has 3 N–H and O–H groups in total. The number of nitrogens with one attached hydrogen (secondary N) is 1. The molecule has 20 heavy (non-hydrogen) atoms. The average Bonchev–Trinajstić information content (AvgIpc) is 3.15. The molecule has 5 heteroatoms. The second kappa shape index (κ2) is 5.62. The molecule has 0 spiro atoms. The van der Waals surface area contributed by atoms with Gasteiger partial charge in [0.1, 0.15) is 0 Å². The highest BCUT2D eigenvalue weighted by molar-refractivity contribution is 5.85. The summed E-state index contributed by atoms with van der Waals surface area (Å²) in [5.41, 5.74) is 5.26. The molecule has 2 aliphatic carbocycles. The highest BCUT2D eigenvalue weighted by Gasteiger charge is 2.48. The molecule has 5 nitrogen and oxygen atoms in total. The van der Waals surface area contributed by atoms with Gasteiger partial charge in [0, 0.05) is 31.3 Å². The van der Waals surface area contributed by atoms with Crippen LogP contribution in [0, 0.1) is 0 Å². The number of nitrogens with two attached hydrogens (primary N) is 1. The van der Waals surface area contributed by atoms with Gasteiger partial charge in [0.05, 0.1) is 5.54 Å². The molecule has 1 aliphatic heterocycles. The molecule has 2 saturated carbocycles. The first kappa shape index (κ1) is 14.3. The maximum Gasteiger partial charge on any atom is 0.237 e. The van der Waals surface area contributed by atoms with Crippen molar-refractivity contribution in [3.63, 3.8) is 0 Å². The summed E-state index contributed by atoms with van der Waals surface area (Å²) in [7, 11) is 2.20. The molecular formula is C15H27N3O2. The lowest BCUT2D eigenvalue weighted by Crippen LogP contribution is -2.55. The van der Waals surface area contributed by atoms with E-state index in [1.54, 1.807) is 0 Å². The van der Waals surface area contributed by atoms with Crippen LogP contribution in [-0.4, -0.2) is 54.7 Å². The monoisotopic (exact) mass is 281 g/mol. The molecule has 1 saturated heterocycles. The Morgan fingerprint density at radius 1 is 1.20 bits per heavy atom. The van der Waals surface area contributed by atoms with Gasteiger partial charge in [0.15, 0.2) is 0 Å². The van der Waals surface area contributed by atoms with E-state index in [9.17, 15) is 4.79 Å². The largest absolute Gasteiger partial charge is 0.381 e. The molecule has 0 aromatic heterocycles. The lowest BCUT2D eigenvalue weighted by molar-refractivity contribution is -0.124. The minimum absolute atomic E-state index is 0.160. The zero-order valence-electron chi connectivity index (χ0n) is 12.4. The number of hydrogen-bond acceptors (Lipinski definition) is 4. The number of rotatable bonds is 5. The van der Waals surface area contributed by atoms with E-state index in [1.165, 1.54) is 12.8 Å². The zero-order valence-corrected chi connectivity index (χ0v) is 12.4. The van der Waals surface area contributed by atoms with Gasteiger partial charge in [-0.25, -0.2) is 0 Å². The quantitative estimate of drug-likeness (QED) is 0.775. The fourth-order valence-corrected chi connectivity index (χ4v) is 3.80. The van der Waals surface area contributed by atoms with E-state index in [-0.39, 0.29) is 5.91 Å². The van der Waals surface area contributed by atoms with E-state index in [2.05, 4.69) is 17.3 Å². The summed E-state index contributed by atoms with van der Waals surface area (Å²) in [4.78, 5) is 14.4. The van der Waals surface area contributed by atoms with Crippen molar-refractivity contribution in [1.82, 2.24) is 10.2 Å². The van der Waals surface area contributed by atoms with Crippen molar-refractivity contribution in [2.24, 2.45) is 5.73 Å². The normalized spacial score (nSPS) is 35.6. The van der Waals surface area contributed by atoms with Gasteiger partial charge in [-0.05, 0) is 52.0 Å². The lowest BCUT2D eigenvalue weighted by atomic mass is 9.95. The van der Waals surface area contributed by atoms with Gasteiger partial charge in [-0.1, -0.05) is 0 Å². The summed E-state index contributed by atoms with van der Waals surface area (Å²) in [6.45, 7) is 1.73. The molecule has 0 radical (unpaired) electrons. The number of carbonyl (C=O) groups excluding carboxylic acids is 1. The highest BCUT2D eigenvalue weighted by Crippen LogP contribution is 2.37. The number of amides is 1. The summed E-state index contributed by atoms with van der Waals surface area (Å²) in [6, 6.07) is 1.59. The van der Waals surface area contributed by atoms with Crippen molar-refractivity contribution in [2.75, 3.05) is 20.3 Å². The second-order valence-electron chi connectivity index (χ2n) is 6.77. The number of hydrogen-bond donors (Lipinski definition) is 2. The Labute approximate surface area is 121 Å². The first-order valence-corrected chi connectivity index (χ1v) is 7.98. The van der Waals surface area contributed by atoms with Crippen molar-refractivity contribution >= 4 is 5.91 Å². The Hall–Kier alpha value is -0.650. The average molecular weight is 281 g/mol. The van der Waals surface area contributed by atoms with Crippen LogP contribution in [0.3, 0.4) is 0 Å². The van der Waals surface area contributed by atoms with Crippen LogP contribution in [0.25, 0.3) is 0 Å². The Morgan fingerprint density at radius 3 is 2.50 bits per heavy atom. The van der Waals surface area contributed by atoms with E-state index in [1.807, 2.05) is 0 Å². The summed E-state index contributed by atoms with van der Waals surface area (Å²) in [6.07, 6.45) is 7.41. The third-order valence-electron chi connectivity index (χ3n) is 5.36. The van der Waals surface area contributed by atoms with Gasteiger partial charge in [0.2, 0.25) is 5.91 Å². The van der Waals surface area contributed by atoms with Gasteiger partial charge in [-0.15, -0.1) is 0 Å². The summed E-state index contributed by atoms with van der Waals surface area (Å²) < 4.78 is 5.44. The van der Waals surface area contributed by atoms with Crippen molar-refractivity contribution in [3.8, 4) is 0 Å². The van der Waals surface area contributed by atoms with E-state index in [0.29, 0.717) is 18.1 Å². The summed E-state index contributed by atoms with van der Waals surface area (Å²) in [5.74, 6) is -0.160. The second-order valence-corrected chi connectivity index (χ2v) is 6.77.